The fourth-order valence-electron chi connectivity index (χ4n) is 4.48. The molecule has 0 aromatic carbocycles. The van der Waals surface area contributed by atoms with Crippen molar-refractivity contribution in [3.63, 3.8) is 0 Å². The van der Waals surface area contributed by atoms with Crippen LogP contribution in [-0.2, 0) is 4.79 Å². The zero-order valence-corrected chi connectivity index (χ0v) is 19.3. The Labute approximate surface area is 181 Å². The van der Waals surface area contributed by atoms with Crippen LogP contribution in [0.2, 0.25) is 0 Å². The minimum Gasteiger partial charge on any atom is -0.357 e. The van der Waals surface area contributed by atoms with Crippen LogP contribution in [0.3, 0.4) is 0 Å². The lowest BCUT2D eigenvalue weighted by Crippen LogP contribution is -2.51. The minimum atomic E-state index is 0. The highest BCUT2D eigenvalue weighted by Crippen LogP contribution is 2.35. The largest absolute Gasteiger partial charge is 0.357 e. The van der Waals surface area contributed by atoms with Crippen molar-refractivity contribution in [1.29, 1.82) is 0 Å². The molecule has 1 atom stereocenters. The van der Waals surface area contributed by atoms with E-state index in [-0.39, 0.29) is 35.3 Å². The summed E-state index contributed by atoms with van der Waals surface area (Å²) in [7, 11) is 2.21. The number of aliphatic imine (C=N–C) groups is 1. The average molecular weight is 492 g/mol. The average Bonchev–Trinajstić information content (AvgIpc) is 2.84. The molecule has 0 aromatic heterocycles. The van der Waals surface area contributed by atoms with Crippen LogP contribution in [0.15, 0.2) is 4.99 Å². The Morgan fingerprint density at radius 1 is 1.22 bits per heavy atom. The standard InChI is InChI=1S/C19H36N6O.HI/c1-3-20-18(21-7-11-24-9-5-8-23(2)12-13-24)25-10-4-6-19(16-25)14-17(26)22-15-19;/h3-16H2,1-2H3,(H,20,21)(H,22,26);1H. The molecule has 0 radical (unpaired) electrons. The van der Waals surface area contributed by atoms with Crippen LogP contribution in [0.25, 0.3) is 0 Å². The number of likely N-dealkylation sites (tertiary alicyclic amines) is 1. The van der Waals surface area contributed by atoms with E-state index in [1.165, 1.54) is 19.5 Å². The monoisotopic (exact) mass is 492 g/mol. The molecule has 1 amide bonds. The second-order valence-electron chi connectivity index (χ2n) is 8.21. The van der Waals surface area contributed by atoms with Gasteiger partial charge in [0.25, 0.3) is 0 Å². The van der Waals surface area contributed by atoms with Crippen molar-refractivity contribution in [2.24, 2.45) is 10.4 Å². The summed E-state index contributed by atoms with van der Waals surface area (Å²) in [6.07, 6.45) is 4.20. The number of amides is 1. The van der Waals surface area contributed by atoms with Gasteiger partial charge in [0.15, 0.2) is 5.96 Å². The van der Waals surface area contributed by atoms with E-state index in [0.717, 1.165) is 71.2 Å². The summed E-state index contributed by atoms with van der Waals surface area (Å²) in [4.78, 5) is 24.0. The van der Waals surface area contributed by atoms with Gasteiger partial charge in [0, 0.05) is 57.6 Å². The fraction of sp³-hybridized carbons (Fsp3) is 0.895. The van der Waals surface area contributed by atoms with Crippen LogP contribution in [0, 0.1) is 5.41 Å². The van der Waals surface area contributed by atoms with Gasteiger partial charge < -0.3 is 25.3 Å². The number of halogens is 1. The first-order valence-corrected chi connectivity index (χ1v) is 10.3. The van der Waals surface area contributed by atoms with Crippen LogP contribution >= 0.6 is 24.0 Å². The van der Waals surface area contributed by atoms with Crippen molar-refractivity contribution in [3.8, 4) is 0 Å². The first-order chi connectivity index (χ1) is 12.6. The summed E-state index contributed by atoms with van der Waals surface area (Å²) in [5, 5.41) is 6.50. The van der Waals surface area contributed by atoms with Gasteiger partial charge in [-0.05, 0) is 46.3 Å². The van der Waals surface area contributed by atoms with Gasteiger partial charge >= 0.3 is 0 Å². The number of hydrogen-bond acceptors (Lipinski definition) is 4. The number of likely N-dealkylation sites (N-methyl/N-ethyl adjacent to an activating group) is 1. The van der Waals surface area contributed by atoms with Crippen molar-refractivity contribution in [1.82, 2.24) is 25.3 Å². The number of guanidine groups is 1. The van der Waals surface area contributed by atoms with E-state index in [0.29, 0.717) is 6.42 Å². The van der Waals surface area contributed by atoms with E-state index in [2.05, 4.69) is 39.3 Å². The van der Waals surface area contributed by atoms with Gasteiger partial charge in [0.05, 0.1) is 6.54 Å². The van der Waals surface area contributed by atoms with E-state index >= 15 is 0 Å². The first kappa shape index (κ1) is 22.7. The lowest BCUT2D eigenvalue weighted by molar-refractivity contribution is -0.119. The number of nitrogens with one attached hydrogen (secondary N) is 2. The van der Waals surface area contributed by atoms with Crippen LogP contribution in [-0.4, -0.2) is 99.1 Å². The van der Waals surface area contributed by atoms with E-state index in [9.17, 15) is 4.79 Å². The van der Waals surface area contributed by atoms with Gasteiger partial charge in [0.2, 0.25) is 5.91 Å². The van der Waals surface area contributed by atoms with Gasteiger partial charge in [-0.2, -0.15) is 0 Å². The number of hydrogen-bond donors (Lipinski definition) is 2. The Bertz CT molecular complexity index is 516. The number of carbonyl (C=O) groups is 1. The maximum absolute atomic E-state index is 11.7. The van der Waals surface area contributed by atoms with Crippen molar-refractivity contribution in [2.45, 2.75) is 32.6 Å². The molecule has 3 aliphatic heterocycles. The van der Waals surface area contributed by atoms with Crippen molar-refractivity contribution in [3.05, 3.63) is 0 Å². The molecular formula is C19H37IN6O. The minimum absolute atomic E-state index is 0. The van der Waals surface area contributed by atoms with Gasteiger partial charge in [0.1, 0.15) is 0 Å². The SMILES string of the molecule is CCNC(=NCCN1CCCN(C)CC1)N1CCCC2(CNC(=O)C2)C1.I. The van der Waals surface area contributed by atoms with Crippen LogP contribution in [0.5, 0.6) is 0 Å². The topological polar surface area (TPSA) is 63.2 Å². The molecule has 156 valence electrons. The van der Waals surface area contributed by atoms with E-state index in [4.69, 9.17) is 4.99 Å². The lowest BCUT2D eigenvalue weighted by atomic mass is 9.79. The van der Waals surface area contributed by atoms with E-state index < -0.39 is 0 Å². The molecule has 0 bridgehead atoms. The maximum atomic E-state index is 11.7. The second-order valence-corrected chi connectivity index (χ2v) is 8.21. The molecular weight excluding hydrogens is 455 g/mol. The first-order valence-electron chi connectivity index (χ1n) is 10.3. The summed E-state index contributed by atoms with van der Waals surface area (Å²) >= 11 is 0. The van der Waals surface area contributed by atoms with Crippen LogP contribution < -0.4 is 10.6 Å². The lowest BCUT2D eigenvalue weighted by Gasteiger charge is -2.40. The van der Waals surface area contributed by atoms with E-state index in [1.807, 2.05) is 0 Å². The molecule has 3 saturated heterocycles. The smallest absolute Gasteiger partial charge is 0.220 e. The summed E-state index contributed by atoms with van der Waals surface area (Å²) in [6, 6.07) is 0. The Kier molecular flexibility index (Phi) is 9.07. The summed E-state index contributed by atoms with van der Waals surface area (Å²) in [5.41, 5.74) is 0.112. The summed E-state index contributed by atoms with van der Waals surface area (Å²) in [6.45, 7) is 12.3. The van der Waals surface area contributed by atoms with Gasteiger partial charge in [-0.25, -0.2) is 0 Å². The van der Waals surface area contributed by atoms with Crippen LogP contribution in [0.4, 0.5) is 0 Å². The second kappa shape index (κ2) is 10.8. The van der Waals surface area contributed by atoms with E-state index in [1.54, 1.807) is 0 Å². The van der Waals surface area contributed by atoms with Crippen LogP contribution in [0.1, 0.15) is 32.6 Å². The molecule has 3 heterocycles. The number of nitrogens with zero attached hydrogens (tertiary/aromatic N) is 4. The predicted molar refractivity (Wildman–Crippen MR) is 121 cm³/mol. The molecule has 0 aliphatic carbocycles. The highest BCUT2D eigenvalue weighted by atomic mass is 127. The number of rotatable bonds is 4. The molecule has 8 heteroatoms. The van der Waals surface area contributed by atoms with Gasteiger partial charge in [-0.15, -0.1) is 24.0 Å². The molecule has 7 nitrogen and oxygen atoms in total. The van der Waals surface area contributed by atoms with Crippen molar-refractivity contribution < 1.29 is 4.79 Å². The summed E-state index contributed by atoms with van der Waals surface area (Å²) < 4.78 is 0. The summed E-state index contributed by atoms with van der Waals surface area (Å²) in [5.74, 6) is 1.23. The molecule has 0 saturated carbocycles. The van der Waals surface area contributed by atoms with Gasteiger partial charge in [-0.3, -0.25) is 9.79 Å². The predicted octanol–water partition coefficient (Wildman–Crippen LogP) is 0.810. The normalized spacial score (nSPS) is 28.0. The highest BCUT2D eigenvalue weighted by molar-refractivity contribution is 14.0. The molecule has 3 fully saturated rings. The quantitative estimate of drug-likeness (QED) is 0.346. The zero-order valence-electron chi connectivity index (χ0n) is 17.0. The third-order valence-corrected chi connectivity index (χ3v) is 5.98. The molecule has 3 rings (SSSR count). The van der Waals surface area contributed by atoms with Crippen molar-refractivity contribution >= 4 is 35.8 Å². The molecule has 27 heavy (non-hydrogen) atoms. The molecule has 1 spiro atoms. The highest BCUT2D eigenvalue weighted by Gasteiger charge is 2.42. The molecule has 0 aromatic rings. The molecule has 2 N–H and O–H groups in total. The Morgan fingerprint density at radius 3 is 2.81 bits per heavy atom. The number of piperidine rings is 1. The Balaban J connectivity index is 0.00000261. The van der Waals surface area contributed by atoms with Crippen molar-refractivity contribution in [2.75, 3.05) is 72.5 Å². The maximum Gasteiger partial charge on any atom is 0.220 e. The Morgan fingerprint density at radius 2 is 2.07 bits per heavy atom. The Hall–Kier alpha value is -0.610. The third-order valence-electron chi connectivity index (χ3n) is 5.98. The van der Waals surface area contributed by atoms with Gasteiger partial charge in [-0.1, -0.05) is 0 Å². The fourth-order valence-corrected chi connectivity index (χ4v) is 4.48. The zero-order chi connectivity index (χ0) is 18.4. The number of carbonyl (C=O) groups excluding carboxylic acids is 1. The molecule has 3 aliphatic rings. The molecule has 1 unspecified atom stereocenters. The third kappa shape index (κ3) is 6.45.